The summed E-state index contributed by atoms with van der Waals surface area (Å²) in [6, 6.07) is 4.27. The first-order valence-electron chi connectivity index (χ1n) is 6.19. The Morgan fingerprint density at radius 3 is 2.63 bits per heavy atom. The summed E-state index contributed by atoms with van der Waals surface area (Å²) in [5, 5.41) is 0. The molecule has 1 heterocycles. The van der Waals surface area contributed by atoms with Crippen molar-refractivity contribution in [3.8, 4) is 0 Å². The first-order chi connectivity index (χ1) is 8.83. The lowest BCUT2D eigenvalue weighted by atomic mass is 9.89. The van der Waals surface area contributed by atoms with Crippen molar-refractivity contribution >= 4 is 11.8 Å². The summed E-state index contributed by atoms with van der Waals surface area (Å²) in [5.74, 6) is -0.911. The number of nitrogens with zero attached hydrogens (tertiary/aromatic N) is 1. The highest BCUT2D eigenvalue weighted by Crippen LogP contribution is 2.30. The van der Waals surface area contributed by atoms with Crippen molar-refractivity contribution in [2.45, 2.75) is 20.3 Å². The van der Waals surface area contributed by atoms with E-state index in [0.717, 1.165) is 0 Å². The minimum absolute atomic E-state index is 0.187. The number of amides is 2. The third-order valence-corrected chi connectivity index (χ3v) is 3.76. The van der Waals surface area contributed by atoms with Crippen LogP contribution in [-0.4, -0.2) is 29.8 Å². The van der Waals surface area contributed by atoms with E-state index >= 15 is 0 Å². The second-order valence-electron chi connectivity index (χ2n) is 5.37. The summed E-state index contributed by atoms with van der Waals surface area (Å²) in [6.07, 6.45) is 0.564. The average molecular weight is 264 g/mol. The second-order valence-corrected chi connectivity index (χ2v) is 5.37. The van der Waals surface area contributed by atoms with E-state index in [0.29, 0.717) is 30.6 Å². The molecule has 1 saturated heterocycles. The molecule has 1 aromatic rings. The lowest BCUT2D eigenvalue weighted by Gasteiger charge is -2.21. The van der Waals surface area contributed by atoms with Crippen molar-refractivity contribution in [2.75, 3.05) is 13.1 Å². The third kappa shape index (κ3) is 2.45. The van der Waals surface area contributed by atoms with Crippen LogP contribution in [0, 0.1) is 18.2 Å². The molecule has 0 saturated carbocycles. The molecular formula is C14H17FN2O2. The van der Waals surface area contributed by atoms with Crippen molar-refractivity contribution in [3.05, 3.63) is 35.1 Å². The van der Waals surface area contributed by atoms with Crippen molar-refractivity contribution in [2.24, 2.45) is 11.1 Å². The second kappa shape index (κ2) is 4.64. The van der Waals surface area contributed by atoms with Gasteiger partial charge in [-0.25, -0.2) is 4.39 Å². The molecule has 19 heavy (non-hydrogen) atoms. The van der Waals surface area contributed by atoms with Gasteiger partial charge in [-0.1, -0.05) is 0 Å². The Hall–Kier alpha value is -1.91. The van der Waals surface area contributed by atoms with Gasteiger partial charge in [0.1, 0.15) is 5.82 Å². The zero-order chi connectivity index (χ0) is 14.2. The molecule has 1 aliphatic heterocycles. The highest BCUT2D eigenvalue weighted by Gasteiger charge is 2.40. The Morgan fingerprint density at radius 1 is 1.42 bits per heavy atom. The standard InChI is InChI=1S/C14H17FN2O2/c1-9-7-10(3-4-11(9)15)12(18)17-6-5-14(2,8-17)13(16)19/h3-4,7H,5-6,8H2,1-2H3,(H2,16,19). The Balaban J connectivity index is 2.18. The van der Waals surface area contributed by atoms with Gasteiger partial charge >= 0.3 is 0 Å². The normalized spacial score (nSPS) is 22.6. The van der Waals surface area contributed by atoms with Gasteiger partial charge in [0.15, 0.2) is 0 Å². The summed E-state index contributed by atoms with van der Waals surface area (Å²) in [4.78, 5) is 25.2. The zero-order valence-electron chi connectivity index (χ0n) is 11.1. The van der Waals surface area contributed by atoms with Crippen molar-refractivity contribution in [1.82, 2.24) is 4.90 Å². The molecule has 1 aliphatic rings. The molecule has 0 bridgehead atoms. The van der Waals surface area contributed by atoms with Crippen molar-refractivity contribution in [1.29, 1.82) is 0 Å². The molecule has 0 aromatic heterocycles. The third-order valence-electron chi connectivity index (χ3n) is 3.76. The van der Waals surface area contributed by atoms with Crippen LogP contribution in [0.25, 0.3) is 0 Å². The van der Waals surface area contributed by atoms with E-state index in [-0.39, 0.29) is 11.7 Å². The fourth-order valence-electron chi connectivity index (χ4n) is 2.30. The van der Waals surface area contributed by atoms with Crippen LogP contribution in [0.3, 0.4) is 0 Å². The van der Waals surface area contributed by atoms with Crippen LogP contribution in [0.2, 0.25) is 0 Å². The van der Waals surface area contributed by atoms with Gasteiger partial charge in [-0.15, -0.1) is 0 Å². The minimum atomic E-state index is -0.662. The first-order valence-corrected chi connectivity index (χ1v) is 6.19. The number of likely N-dealkylation sites (tertiary alicyclic amines) is 1. The molecule has 102 valence electrons. The molecule has 1 aromatic carbocycles. The maximum absolute atomic E-state index is 13.2. The Labute approximate surface area is 111 Å². The molecule has 4 nitrogen and oxygen atoms in total. The van der Waals surface area contributed by atoms with Crippen LogP contribution in [0.1, 0.15) is 29.3 Å². The molecule has 0 radical (unpaired) electrons. The summed E-state index contributed by atoms with van der Waals surface area (Å²) < 4.78 is 13.2. The Morgan fingerprint density at radius 2 is 2.11 bits per heavy atom. The molecule has 2 rings (SSSR count). The molecule has 2 amide bonds. The maximum Gasteiger partial charge on any atom is 0.253 e. The molecular weight excluding hydrogens is 247 g/mol. The molecule has 0 aliphatic carbocycles. The summed E-state index contributed by atoms with van der Waals surface area (Å²) in [5.41, 5.74) is 5.56. The summed E-state index contributed by atoms with van der Waals surface area (Å²) in [7, 11) is 0. The summed E-state index contributed by atoms with van der Waals surface area (Å²) in [6.45, 7) is 4.19. The van der Waals surface area contributed by atoms with Crippen molar-refractivity contribution < 1.29 is 14.0 Å². The monoisotopic (exact) mass is 264 g/mol. The highest BCUT2D eigenvalue weighted by molar-refractivity contribution is 5.95. The number of nitrogens with two attached hydrogens (primary N) is 1. The van der Waals surface area contributed by atoms with Gasteiger partial charge in [-0.2, -0.15) is 0 Å². The van der Waals surface area contributed by atoms with Gasteiger partial charge in [-0.05, 0) is 44.0 Å². The number of hydrogen-bond donors (Lipinski definition) is 1. The lowest BCUT2D eigenvalue weighted by molar-refractivity contribution is -0.126. The van der Waals surface area contributed by atoms with E-state index in [1.165, 1.54) is 18.2 Å². The highest BCUT2D eigenvalue weighted by atomic mass is 19.1. The Bertz CT molecular complexity index is 544. The number of carbonyl (C=O) groups excluding carboxylic acids is 2. The fraction of sp³-hybridized carbons (Fsp3) is 0.429. The quantitative estimate of drug-likeness (QED) is 0.879. The topological polar surface area (TPSA) is 63.4 Å². The van der Waals surface area contributed by atoms with Gasteiger partial charge in [0.2, 0.25) is 5.91 Å². The van der Waals surface area contributed by atoms with Crippen LogP contribution in [0.5, 0.6) is 0 Å². The Kier molecular flexibility index (Phi) is 3.30. The summed E-state index contributed by atoms with van der Waals surface area (Å²) >= 11 is 0. The number of hydrogen-bond acceptors (Lipinski definition) is 2. The van der Waals surface area contributed by atoms with Gasteiger partial charge < -0.3 is 10.6 Å². The van der Waals surface area contributed by atoms with E-state index in [9.17, 15) is 14.0 Å². The van der Waals surface area contributed by atoms with E-state index in [1.807, 2.05) is 0 Å². The number of primary amides is 1. The molecule has 5 heteroatoms. The van der Waals surface area contributed by atoms with Gasteiger partial charge in [0.25, 0.3) is 5.91 Å². The predicted molar refractivity (Wildman–Crippen MR) is 69.0 cm³/mol. The lowest BCUT2D eigenvalue weighted by Crippen LogP contribution is -2.38. The van der Waals surface area contributed by atoms with Gasteiger partial charge in [0.05, 0.1) is 5.41 Å². The smallest absolute Gasteiger partial charge is 0.253 e. The van der Waals surface area contributed by atoms with E-state index < -0.39 is 11.3 Å². The molecule has 1 unspecified atom stereocenters. The van der Waals surface area contributed by atoms with Crippen LogP contribution in [0.15, 0.2) is 18.2 Å². The number of rotatable bonds is 2. The molecule has 1 atom stereocenters. The number of halogens is 1. The SMILES string of the molecule is Cc1cc(C(=O)N2CCC(C)(C(N)=O)C2)ccc1F. The molecule has 0 spiro atoms. The maximum atomic E-state index is 13.2. The van der Waals surface area contributed by atoms with Crippen LogP contribution in [-0.2, 0) is 4.79 Å². The van der Waals surface area contributed by atoms with Gasteiger partial charge in [0, 0.05) is 18.7 Å². The average Bonchev–Trinajstić information content (AvgIpc) is 2.76. The van der Waals surface area contributed by atoms with E-state index in [1.54, 1.807) is 18.7 Å². The van der Waals surface area contributed by atoms with Crippen LogP contribution < -0.4 is 5.73 Å². The number of aryl methyl sites for hydroxylation is 1. The van der Waals surface area contributed by atoms with E-state index in [4.69, 9.17) is 5.73 Å². The van der Waals surface area contributed by atoms with E-state index in [2.05, 4.69) is 0 Å². The predicted octanol–water partition coefficient (Wildman–Crippen LogP) is 1.47. The molecule has 1 fully saturated rings. The number of benzene rings is 1. The molecule has 2 N–H and O–H groups in total. The number of carbonyl (C=O) groups is 2. The zero-order valence-corrected chi connectivity index (χ0v) is 11.1. The largest absolute Gasteiger partial charge is 0.369 e. The minimum Gasteiger partial charge on any atom is -0.369 e. The van der Waals surface area contributed by atoms with Crippen LogP contribution in [0.4, 0.5) is 4.39 Å². The van der Waals surface area contributed by atoms with Crippen LogP contribution >= 0.6 is 0 Å². The van der Waals surface area contributed by atoms with Gasteiger partial charge in [-0.3, -0.25) is 9.59 Å². The first kappa shape index (κ1) is 13.5. The fourth-order valence-corrected chi connectivity index (χ4v) is 2.30. The van der Waals surface area contributed by atoms with Crippen molar-refractivity contribution in [3.63, 3.8) is 0 Å².